The molecule has 4 nitrogen and oxygen atoms in total. The summed E-state index contributed by atoms with van der Waals surface area (Å²) >= 11 is 1.07. The smallest absolute Gasteiger partial charge is 0.321 e. The van der Waals surface area contributed by atoms with Gasteiger partial charge in [-0.05, 0) is 26.0 Å². The van der Waals surface area contributed by atoms with E-state index in [1.54, 1.807) is 13.8 Å². The second-order valence-electron chi connectivity index (χ2n) is 4.12. The van der Waals surface area contributed by atoms with Crippen LogP contribution in [-0.2, 0) is 4.79 Å². The molecule has 110 valence electrons. The largest absolute Gasteiger partial charge is 0.341 e. The minimum absolute atomic E-state index is 0.0721. The summed E-state index contributed by atoms with van der Waals surface area (Å²) in [7, 11) is 1.39. The number of halogens is 2. The van der Waals surface area contributed by atoms with E-state index in [9.17, 15) is 18.4 Å². The van der Waals surface area contributed by atoms with Crippen molar-refractivity contribution < 1.29 is 18.4 Å². The second kappa shape index (κ2) is 7.23. The Labute approximate surface area is 120 Å². The average Bonchev–Trinajstić information content (AvgIpc) is 2.38. The molecule has 20 heavy (non-hydrogen) atoms. The zero-order chi connectivity index (χ0) is 15.3. The van der Waals surface area contributed by atoms with Crippen molar-refractivity contribution in [3.05, 3.63) is 35.4 Å². The van der Waals surface area contributed by atoms with Crippen LogP contribution in [-0.4, -0.2) is 24.2 Å². The fourth-order valence-electron chi connectivity index (χ4n) is 1.61. The minimum Gasteiger partial charge on any atom is -0.341 e. The molecule has 0 aliphatic carbocycles. The summed E-state index contributed by atoms with van der Waals surface area (Å²) < 4.78 is 27.2. The maximum absolute atomic E-state index is 13.6. The van der Waals surface area contributed by atoms with E-state index in [-0.39, 0.29) is 5.56 Å². The van der Waals surface area contributed by atoms with Crippen LogP contribution < -0.4 is 10.6 Å². The normalized spacial score (nSPS) is 13.4. The molecular formula is C13H16F2N2O2S. The zero-order valence-electron chi connectivity index (χ0n) is 11.4. The van der Waals surface area contributed by atoms with Crippen molar-refractivity contribution in [1.82, 2.24) is 10.6 Å². The summed E-state index contributed by atoms with van der Waals surface area (Å²) in [5.41, 5.74) is -0.0721. The zero-order valence-corrected chi connectivity index (χ0v) is 12.2. The van der Waals surface area contributed by atoms with Crippen molar-refractivity contribution in [2.75, 3.05) is 7.05 Å². The van der Waals surface area contributed by atoms with Gasteiger partial charge < -0.3 is 5.32 Å². The monoisotopic (exact) mass is 302 g/mol. The molecular weight excluding hydrogens is 286 g/mol. The first kappa shape index (κ1) is 16.4. The van der Waals surface area contributed by atoms with E-state index in [1.165, 1.54) is 25.2 Å². The molecule has 0 spiro atoms. The number of benzene rings is 1. The lowest BCUT2D eigenvalue weighted by atomic mass is 10.1. The van der Waals surface area contributed by atoms with Crippen LogP contribution in [0, 0.1) is 11.6 Å². The predicted octanol–water partition coefficient (Wildman–Crippen LogP) is 2.60. The van der Waals surface area contributed by atoms with E-state index in [1.807, 2.05) is 0 Å². The van der Waals surface area contributed by atoms with Gasteiger partial charge in [0.05, 0.1) is 5.25 Å². The van der Waals surface area contributed by atoms with Crippen LogP contribution >= 0.6 is 11.8 Å². The van der Waals surface area contributed by atoms with Crippen molar-refractivity contribution in [2.45, 2.75) is 24.3 Å². The Hall–Kier alpha value is -1.63. The number of rotatable bonds is 4. The number of hydrogen-bond donors (Lipinski definition) is 2. The number of amides is 3. The van der Waals surface area contributed by atoms with Gasteiger partial charge in [-0.3, -0.25) is 10.1 Å². The first-order valence-electron chi connectivity index (χ1n) is 5.98. The molecule has 1 aromatic carbocycles. The lowest BCUT2D eigenvalue weighted by Gasteiger charge is -2.17. The fourth-order valence-corrected chi connectivity index (χ4v) is 2.77. The summed E-state index contributed by atoms with van der Waals surface area (Å²) in [6.45, 7) is 3.17. The van der Waals surface area contributed by atoms with Gasteiger partial charge in [0.15, 0.2) is 0 Å². The summed E-state index contributed by atoms with van der Waals surface area (Å²) in [4.78, 5) is 22.7. The Morgan fingerprint density at radius 1 is 1.20 bits per heavy atom. The fraction of sp³-hybridized carbons (Fsp3) is 0.385. The van der Waals surface area contributed by atoms with E-state index in [2.05, 4.69) is 10.6 Å². The highest BCUT2D eigenvalue weighted by Gasteiger charge is 2.23. The number of urea groups is 1. The molecule has 2 N–H and O–H groups in total. The number of carbonyl (C=O) groups excluding carboxylic acids is 2. The first-order chi connectivity index (χ1) is 9.36. The molecule has 0 aliphatic rings. The third kappa shape index (κ3) is 4.19. The molecule has 7 heteroatoms. The highest BCUT2D eigenvalue weighted by molar-refractivity contribution is 8.00. The van der Waals surface area contributed by atoms with Crippen LogP contribution in [0.2, 0.25) is 0 Å². The highest BCUT2D eigenvalue weighted by atomic mass is 32.2. The number of imide groups is 1. The Bertz CT molecular complexity index is 491. The van der Waals surface area contributed by atoms with Crippen LogP contribution in [0.15, 0.2) is 18.2 Å². The molecule has 0 bridgehead atoms. The molecule has 0 saturated heterocycles. The lowest BCUT2D eigenvalue weighted by molar-refractivity contribution is -0.119. The van der Waals surface area contributed by atoms with Gasteiger partial charge in [0.2, 0.25) is 5.91 Å². The van der Waals surface area contributed by atoms with E-state index in [0.29, 0.717) is 0 Å². The molecule has 1 rings (SSSR count). The van der Waals surface area contributed by atoms with Crippen LogP contribution in [0.1, 0.15) is 24.7 Å². The van der Waals surface area contributed by atoms with E-state index in [4.69, 9.17) is 0 Å². The van der Waals surface area contributed by atoms with Crippen LogP contribution in [0.25, 0.3) is 0 Å². The molecule has 3 amide bonds. The first-order valence-corrected chi connectivity index (χ1v) is 6.93. The van der Waals surface area contributed by atoms with Gasteiger partial charge in [0.1, 0.15) is 11.6 Å². The molecule has 1 aromatic rings. The summed E-state index contributed by atoms with van der Waals surface area (Å²) in [5.74, 6) is -1.81. The van der Waals surface area contributed by atoms with Crippen molar-refractivity contribution in [3.63, 3.8) is 0 Å². The third-order valence-corrected chi connectivity index (χ3v) is 3.91. The van der Waals surface area contributed by atoms with Crippen molar-refractivity contribution in [1.29, 1.82) is 0 Å². The Morgan fingerprint density at radius 2 is 1.75 bits per heavy atom. The number of thioether (sulfide) groups is 1. The van der Waals surface area contributed by atoms with Crippen LogP contribution in [0.5, 0.6) is 0 Å². The predicted molar refractivity (Wildman–Crippen MR) is 74.4 cm³/mol. The Morgan fingerprint density at radius 3 is 2.25 bits per heavy atom. The Kier molecular flexibility index (Phi) is 5.94. The third-order valence-electron chi connectivity index (χ3n) is 2.65. The molecule has 0 fully saturated rings. The summed E-state index contributed by atoms with van der Waals surface area (Å²) in [5, 5.41) is 3.19. The molecule has 0 radical (unpaired) electrons. The summed E-state index contributed by atoms with van der Waals surface area (Å²) in [6.07, 6.45) is 0. The van der Waals surface area contributed by atoms with Gasteiger partial charge in [-0.1, -0.05) is 6.07 Å². The average molecular weight is 302 g/mol. The number of nitrogens with one attached hydrogen (secondary N) is 2. The lowest BCUT2D eigenvalue weighted by Crippen LogP contribution is -2.41. The minimum atomic E-state index is -0.649. The number of carbonyl (C=O) groups is 2. The van der Waals surface area contributed by atoms with Crippen molar-refractivity contribution in [3.8, 4) is 0 Å². The molecule has 0 aliphatic heterocycles. The van der Waals surface area contributed by atoms with Gasteiger partial charge in [-0.25, -0.2) is 13.6 Å². The second-order valence-corrected chi connectivity index (χ2v) is 5.81. The molecule has 0 heterocycles. The topological polar surface area (TPSA) is 58.2 Å². The van der Waals surface area contributed by atoms with Gasteiger partial charge >= 0.3 is 6.03 Å². The van der Waals surface area contributed by atoms with Gasteiger partial charge in [-0.15, -0.1) is 11.8 Å². The van der Waals surface area contributed by atoms with Gasteiger partial charge in [0.25, 0.3) is 0 Å². The maximum Gasteiger partial charge on any atom is 0.321 e. The highest BCUT2D eigenvalue weighted by Crippen LogP contribution is 2.34. The molecule has 0 saturated carbocycles. The molecule has 2 atom stereocenters. The SMILES string of the molecule is CNC(=O)NC(=O)[C@H](C)S[C@H](C)c1c(F)cccc1F. The van der Waals surface area contributed by atoms with E-state index >= 15 is 0 Å². The summed E-state index contributed by atoms with van der Waals surface area (Å²) in [6, 6.07) is 3.01. The van der Waals surface area contributed by atoms with E-state index in [0.717, 1.165) is 11.8 Å². The molecule has 0 aromatic heterocycles. The number of hydrogen-bond acceptors (Lipinski definition) is 3. The van der Waals surface area contributed by atoms with Gasteiger partial charge in [-0.2, -0.15) is 0 Å². The Balaban J connectivity index is 2.73. The maximum atomic E-state index is 13.6. The quantitative estimate of drug-likeness (QED) is 0.899. The molecule has 0 unspecified atom stereocenters. The standard InChI is InChI=1S/C13H16F2N2O2S/c1-7(11-9(14)5-4-6-10(11)15)20-8(2)12(18)17-13(19)16-3/h4-8H,1-3H3,(H2,16,17,18,19)/t7-,8+/m1/s1. The van der Waals surface area contributed by atoms with Crippen LogP contribution in [0.4, 0.5) is 13.6 Å². The van der Waals surface area contributed by atoms with Crippen molar-refractivity contribution >= 4 is 23.7 Å². The van der Waals surface area contributed by atoms with Gasteiger partial charge in [0, 0.05) is 17.9 Å². The van der Waals surface area contributed by atoms with Crippen molar-refractivity contribution in [2.24, 2.45) is 0 Å². The van der Waals surface area contributed by atoms with E-state index < -0.39 is 34.1 Å². The van der Waals surface area contributed by atoms with Crippen LogP contribution in [0.3, 0.4) is 0 Å².